The highest BCUT2D eigenvalue weighted by atomic mass is 19.1. The summed E-state index contributed by atoms with van der Waals surface area (Å²) in [4.78, 5) is 0. The van der Waals surface area contributed by atoms with Gasteiger partial charge in [0, 0.05) is 16.6 Å². The largest absolute Gasteiger partial charge is 0.399 e. The molecule has 4 heteroatoms. The fourth-order valence-electron chi connectivity index (χ4n) is 1.80. The SMILES string of the molecule is Nc1ccc2c(-c3cccc(F)c3)onc2c1. The van der Waals surface area contributed by atoms with Crippen molar-refractivity contribution < 1.29 is 8.91 Å². The van der Waals surface area contributed by atoms with Crippen LogP contribution in [0.15, 0.2) is 47.0 Å². The number of rotatable bonds is 1. The molecule has 0 radical (unpaired) electrons. The van der Waals surface area contributed by atoms with E-state index < -0.39 is 0 Å². The Morgan fingerprint density at radius 1 is 1.12 bits per heavy atom. The highest BCUT2D eigenvalue weighted by Gasteiger charge is 2.11. The highest BCUT2D eigenvalue weighted by molar-refractivity contribution is 5.93. The lowest BCUT2D eigenvalue weighted by molar-refractivity contribution is 0.440. The molecule has 2 N–H and O–H groups in total. The van der Waals surface area contributed by atoms with Gasteiger partial charge in [-0.15, -0.1) is 0 Å². The van der Waals surface area contributed by atoms with Crippen LogP contribution in [0.3, 0.4) is 0 Å². The Morgan fingerprint density at radius 3 is 2.82 bits per heavy atom. The van der Waals surface area contributed by atoms with E-state index in [0.717, 1.165) is 5.39 Å². The lowest BCUT2D eigenvalue weighted by Gasteiger charge is -1.97. The smallest absolute Gasteiger partial charge is 0.174 e. The summed E-state index contributed by atoms with van der Waals surface area (Å²) in [5, 5.41) is 4.73. The van der Waals surface area contributed by atoms with Crippen LogP contribution >= 0.6 is 0 Å². The van der Waals surface area contributed by atoms with E-state index in [4.69, 9.17) is 10.3 Å². The van der Waals surface area contributed by atoms with Gasteiger partial charge >= 0.3 is 0 Å². The van der Waals surface area contributed by atoms with Crippen LogP contribution in [0.5, 0.6) is 0 Å². The van der Waals surface area contributed by atoms with Crippen LogP contribution in [-0.2, 0) is 0 Å². The molecule has 0 aliphatic carbocycles. The van der Waals surface area contributed by atoms with Gasteiger partial charge in [-0.1, -0.05) is 17.3 Å². The van der Waals surface area contributed by atoms with E-state index in [1.807, 2.05) is 6.07 Å². The number of anilines is 1. The maximum atomic E-state index is 13.1. The standard InChI is InChI=1S/C13H9FN2O/c14-9-3-1-2-8(6-9)13-11-5-4-10(15)7-12(11)16-17-13/h1-7H,15H2. The van der Waals surface area contributed by atoms with Crippen LogP contribution in [0, 0.1) is 5.82 Å². The zero-order valence-electron chi connectivity index (χ0n) is 8.85. The van der Waals surface area contributed by atoms with Crippen molar-refractivity contribution in [2.45, 2.75) is 0 Å². The normalized spacial score (nSPS) is 10.9. The van der Waals surface area contributed by atoms with E-state index in [1.54, 1.807) is 24.3 Å². The molecule has 0 saturated heterocycles. The lowest BCUT2D eigenvalue weighted by Crippen LogP contribution is -1.83. The molecular formula is C13H9FN2O. The molecule has 0 aliphatic rings. The Balaban J connectivity index is 2.24. The molecular weight excluding hydrogens is 219 g/mol. The Bertz CT molecular complexity index is 691. The van der Waals surface area contributed by atoms with Crippen molar-refractivity contribution in [3.8, 4) is 11.3 Å². The Kier molecular flexibility index (Phi) is 2.08. The van der Waals surface area contributed by atoms with Gasteiger partial charge in [-0.25, -0.2) is 4.39 Å². The predicted molar refractivity (Wildman–Crippen MR) is 63.8 cm³/mol. The van der Waals surface area contributed by atoms with Crippen molar-refractivity contribution >= 4 is 16.6 Å². The van der Waals surface area contributed by atoms with Gasteiger partial charge in [0.2, 0.25) is 0 Å². The number of nitrogen functional groups attached to an aromatic ring is 1. The van der Waals surface area contributed by atoms with Crippen LogP contribution in [0.25, 0.3) is 22.2 Å². The maximum Gasteiger partial charge on any atom is 0.174 e. The van der Waals surface area contributed by atoms with Crippen LogP contribution in [-0.4, -0.2) is 5.16 Å². The minimum atomic E-state index is -0.303. The van der Waals surface area contributed by atoms with Crippen molar-refractivity contribution in [1.82, 2.24) is 5.16 Å². The van der Waals surface area contributed by atoms with E-state index in [0.29, 0.717) is 22.5 Å². The number of halogens is 1. The third kappa shape index (κ3) is 1.63. The molecule has 0 bridgehead atoms. The first kappa shape index (κ1) is 9.84. The van der Waals surface area contributed by atoms with Gasteiger partial charge in [0.15, 0.2) is 5.76 Å². The summed E-state index contributed by atoms with van der Waals surface area (Å²) in [5.74, 6) is 0.252. The Hall–Kier alpha value is -2.36. The molecule has 0 unspecified atom stereocenters. The van der Waals surface area contributed by atoms with E-state index in [2.05, 4.69) is 5.16 Å². The second kappa shape index (κ2) is 3.59. The highest BCUT2D eigenvalue weighted by Crippen LogP contribution is 2.29. The van der Waals surface area contributed by atoms with E-state index in [1.165, 1.54) is 12.1 Å². The fourth-order valence-corrected chi connectivity index (χ4v) is 1.80. The summed E-state index contributed by atoms with van der Waals surface area (Å²) >= 11 is 0. The Labute approximate surface area is 96.6 Å². The summed E-state index contributed by atoms with van der Waals surface area (Å²) in [7, 11) is 0. The third-order valence-corrected chi connectivity index (χ3v) is 2.59. The monoisotopic (exact) mass is 228 g/mol. The topological polar surface area (TPSA) is 52.0 Å². The number of hydrogen-bond acceptors (Lipinski definition) is 3. The van der Waals surface area contributed by atoms with Gasteiger partial charge in [-0.05, 0) is 30.3 Å². The number of fused-ring (bicyclic) bond motifs is 1. The van der Waals surface area contributed by atoms with Crippen LogP contribution in [0.4, 0.5) is 10.1 Å². The molecule has 0 aliphatic heterocycles. The molecule has 0 fully saturated rings. The fraction of sp³-hybridized carbons (Fsp3) is 0. The molecule has 0 spiro atoms. The summed E-state index contributed by atoms with van der Waals surface area (Å²) in [6.07, 6.45) is 0. The summed E-state index contributed by atoms with van der Waals surface area (Å²) in [6.45, 7) is 0. The molecule has 0 amide bonds. The van der Waals surface area contributed by atoms with E-state index >= 15 is 0 Å². The number of hydrogen-bond donors (Lipinski definition) is 1. The number of benzene rings is 2. The first-order chi connectivity index (χ1) is 8.24. The van der Waals surface area contributed by atoms with Gasteiger partial charge in [0.25, 0.3) is 0 Å². The molecule has 17 heavy (non-hydrogen) atoms. The van der Waals surface area contributed by atoms with Crippen molar-refractivity contribution in [3.05, 3.63) is 48.3 Å². The van der Waals surface area contributed by atoms with Gasteiger partial charge in [-0.3, -0.25) is 0 Å². The van der Waals surface area contributed by atoms with Crippen molar-refractivity contribution in [1.29, 1.82) is 0 Å². The minimum Gasteiger partial charge on any atom is -0.399 e. The number of nitrogens with zero attached hydrogens (tertiary/aromatic N) is 1. The first-order valence-corrected chi connectivity index (χ1v) is 5.15. The Morgan fingerprint density at radius 2 is 2.00 bits per heavy atom. The molecule has 3 aromatic rings. The average Bonchev–Trinajstić information content (AvgIpc) is 2.71. The summed E-state index contributed by atoms with van der Waals surface area (Å²) < 4.78 is 18.4. The number of nitrogens with two attached hydrogens (primary N) is 1. The lowest BCUT2D eigenvalue weighted by atomic mass is 10.1. The molecule has 0 atom stereocenters. The second-order valence-corrected chi connectivity index (χ2v) is 3.80. The van der Waals surface area contributed by atoms with Crippen LogP contribution < -0.4 is 5.73 Å². The number of aromatic nitrogens is 1. The van der Waals surface area contributed by atoms with E-state index in [-0.39, 0.29) is 5.82 Å². The zero-order valence-corrected chi connectivity index (χ0v) is 8.85. The van der Waals surface area contributed by atoms with Crippen LogP contribution in [0.2, 0.25) is 0 Å². The second-order valence-electron chi connectivity index (χ2n) is 3.80. The van der Waals surface area contributed by atoms with Gasteiger partial charge < -0.3 is 10.3 Å². The third-order valence-electron chi connectivity index (χ3n) is 2.59. The quantitative estimate of drug-likeness (QED) is 0.650. The summed E-state index contributed by atoms with van der Waals surface area (Å²) in [6, 6.07) is 11.5. The molecule has 3 rings (SSSR count). The first-order valence-electron chi connectivity index (χ1n) is 5.15. The predicted octanol–water partition coefficient (Wildman–Crippen LogP) is 3.22. The maximum absolute atomic E-state index is 13.1. The van der Waals surface area contributed by atoms with Crippen molar-refractivity contribution in [2.24, 2.45) is 0 Å². The van der Waals surface area contributed by atoms with Crippen LogP contribution in [0.1, 0.15) is 0 Å². The summed E-state index contributed by atoms with van der Waals surface area (Å²) in [5.41, 5.74) is 7.61. The average molecular weight is 228 g/mol. The zero-order chi connectivity index (χ0) is 11.8. The van der Waals surface area contributed by atoms with E-state index in [9.17, 15) is 4.39 Å². The molecule has 84 valence electrons. The molecule has 0 saturated carbocycles. The molecule has 1 heterocycles. The van der Waals surface area contributed by atoms with Crippen molar-refractivity contribution in [2.75, 3.05) is 5.73 Å². The van der Waals surface area contributed by atoms with Crippen molar-refractivity contribution in [3.63, 3.8) is 0 Å². The van der Waals surface area contributed by atoms with Gasteiger partial charge in [0.05, 0.1) is 0 Å². The molecule has 2 aromatic carbocycles. The van der Waals surface area contributed by atoms with Gasteiger partial charge in [0.1, 0.15) is 11.3 Å². The molecule has 1 aromatic heterocycles. The molecule has 3 nitrogen and oxygen atoms in total. The van der Waals surface area contributed by atoms with Gasteiger partial charge in [-0.2, -0.15) is 0 Å². The minimum absolute atomic E-state index is 0.303.